The van der Waals surface area contributed by atoms with Crippen molar-refractivity contribution in [3.63, 3.8) is 0 Å². The summed E-state index contributed by atoms with van der Waals surface area (Å²) in [6.45, 7) is 2.25. The number of rotatable bonds is 2. The Labute approximate surface area is 150 Å². The Balaban J connectivity index is 1.89. The molecule has 1 aliphatic heterocycles. The third kappa shape index (κ3) is 2.70. The fourth-order valence-electron chi connectivity index (χ4n) is 3.32. The molecule has 1 aliphatic rings. The number of aromatic nitrogens is 2. The normalized spacial score (nSPS) is 18.2. The van der Waals surface area contributed by atoms with E-state index in [9.17, 15) is 0 Å². The molecule has 1 saturated heterocycles. The van der Waals surface area contributed by atoms with Gasteiger partial charge in [-0.15, -0.1) is 0 Å². The Morgan fingerprint density at radius 3 is 2.83 bits per heavy atom. The van der Waals surface area contributed by atoms with Gasteiger partial charge in [0.15, 0.2) is 0 Å². The number of benzene rings is 2. The Hall–Kier alpha value is -1.59. The molecule has 3 aromatic rings. The van der Waals surface area contributed by atoms with E-state index in [2.05, 4.69) is 11.4 Å². The standard InChI is InChI=1S/C18H17Cl2N3O/c1-23-18(16-10-24-8-7-21-16)14-4-2-3-13(17(14)22-23)12-6-5-11(19)9-15(12)20/h2-6,9,16,21H,7-8,10H2,1H3. The van der Waals surface area contributed by atoms with Crippen LogP contribution in [0.4, 0.5) is 0 Å². The van der Waals surface area contributed by atoms with Gasteiger partial charge < -0.3 is 10.1 Å². The number of halogens is 2. The SMILES string of the molecule is Cn1nc2c(-c3ccc(Cl)cc3Cl)cccc2c1C1COCCN1. The van der Waals surface area contributed by atoms with Gasteiger partial charge in [0, 0.05) is 40.2 Å². The smallest absolute Gasteiger partial charge is 0.101 e. The van der Waals surface area contributed by atoms with E-state index >= 15 is 0 Å². The van der Waals surface area contributed by atoms with Crippen molar-refractivity contribution in [3.05, 3.63) is 52.1 Å². The molecule has 1 unspecified atom stereocenters. The largest absolute Gasteiger partial charge is 0.378 e. The van der Waals surface area contributed by atoms with Crippen molar-refractivity contribution in [1.29, 1.82) is 0 Å². The number of aryl methyl sites for hydroxylation is 1. The van der Waals surface area contributed by atoms with Crippen LogP contribution in [0, 0.1) is 0 Å². The summed E-state index contributed by atoms with van der Waals surface area (Å²) < 4.78 is 7.55. The molecular weight excluding hydrogens is 345 g/mol. The zero-order chi connectivity index (χ0) is 16.7. The second-order valence-electron chi connectivity index (χ2n) is 5.92. The summed E-state index contributed by atoms with van der Waals surface area (Å²) in [5.41, 5.74) is 4.01. The Morgan fingerprint density at radius 2 is 2.08 bits per heavy atom. The van der Waals surface area contributed by atoms with E-state index in [1.54, 1.807) is 6.07 Å². The van der Waals surface area contributed by atoms with Crippen molar-refractivity contribution in [1.82, 2.24) is 15.1 Å². The Bertz CT molecular complexity index is 901. The molecule has 1 N–H and O–H groups in total. The predicted octanol–water partition coefficient (Wildman–Crippen LogP) is 4.21. The summed E-state index contributed by atoms with van der Waals surface area (Å²) in [6, 6.07) is 11.9. The maximum absolute atomic E-state index is 6.41. The highest BCUT2D eigenvalue weighted by molar-refractivity contribution is 6.36. The van der Waals surface area contributed by atoms with E-state index in [0.717, 1.165) is 40.9 Å². The monoisotopic (exact) mass is 361 g/mol. The number of nitrogens with zero attached hydrogens (tertiary/aromatic N) is 2. The lowest BCUT2D eigenvalue weighted by molar-refractivity contribution is 0.0748. The molecule has 24 heavy (non-hydrogen) atoms. The minimum atomic E-state index is 0.143. The molecule has 1 atom stereocenters. The molecule has 0 radical (unpaired) electrons. The highest BCUT2D eigenvalue weighted by Gasteiger charge is 2.23. The summed E-state index contributed by atoms with van der Waals surface area (Å²) >= 11 is 12.4. The molecule has 2 aromatic carbocycles. The molecule has 2 heterocycles. The number of hydrogen-bond acceptors (Lipinski definition) is 3. The zero-order valence-electron chi connectivity index (χ0n) is 13.2. The van der Waals surface area contributed by atoms with Gasteiger partial charge in [0.1, 0.15) is 5.52 Å². The average molecular weight is 362 g/mol. The molecule has 1 aromatic heterocycles. The van der Waals surface area contributed by atoms with Crippen LogP contribution in [0.1, 0.15) is 11.7 Å². The summed E-state index contributed by atoms with van der Waals surface area (Å²) in [5, 5.41) is 10.6. The lowest BCUT2D eigenvalue weighted by atomic mass is 10.0. The number of hydrogen-bond donors (Lipinski definition) is 1. The number of ether oxygens (including phenoxy) is 1. The molecule has 0 aliphatic carbocycles. The van der Waals surface area contributed by atoms with Gasteiger partial charge in [-0.1, -0.05) is 47.5 Å². The van der Waals surface area contributed by atoms with Crippen molar-refractivity contribution in [2.24, 2.45) is 7.05 Å². The number of morpholine rings is 1. The van der Waals surface area contributed by atoms with Crippen LogP contribution < -0.4 is 5.32 Å². The minimum absolute atomic E-state index is 0.143. The van der Waals surface area contributed by atoms with E-state index < -0.39 is 0 Å². The quantitative estimate of drug-likeness (QED) is 0.742. The maximum Gasteiger partial charge on any atom is 0.101 e. The molecule has 4 nitrogen and oxygen atoms in total. The first-order chi connectivity index (χ1) is 11.6. The third-order valence-electron chi connectivity index (χ3n) is 4.38. The highest BCUT2D eigenvalue weighted by atomic mass is 35.5. The van der Waals surface area contributed by atoms with Crippen molar-refractivity contribution in [3.8, 4) is 11.1 Å². The first kappa shape index (κ1) is 15.9. The van der Waals surface area contributed by atoms with E-state index in [-0.39, 0.29) is 6.04 Å². The summed E-state index contributed by atoms with van der Waals surface area (Å²) in [6.07, 6.45) is 0. The topological polar surface area (TPSA) is 39.1 Å². The van der Waals surface area contributed by atoms with Crippen LogP contribution >= 0.6 is 23.2 Å². The Kier molecular flexibility index (Phi) is 4.22. The summed E-state index contributed by atoms with van der Waals surface area (Å²) in [4.78, 5) is 0. The fraction of sp³-hybridized carbons (Fsp3) is 0.278. The molecule has 0 amide bonds. The molecular formula is C18H17Cl2N3O. The van der Waals surface area contributed by atoms with E-state index in [0.29, 0.717) is 16.7 Å². The zero-order valence-corrected chi connectivity index (χ0v) is 14.7. The third-order valence-corrected chi connectivity index (χ3v) is 4.93. The second-order valence-corrected chi connectivity index (χ2v) is 6.76. The van der Waals surface area contributed by atoms with Crippen molar-refractivity contribution >= 4 is 34.1 Å². The van der Waals surface area contributed by atoms with Crippen LogP contribution in [-0.4, -0.2) is 29.5 Å². The molecule has 124 valence electrons. The van der Waals surface area contributed by atoms with E-state index in [1.165, 1.54) is 0 Å². The van der Waals surface area contributed by atoms with Gasteiger partial charge in [0.25, 0.3) is 0 Å². The van der Waals surface area contributed by atoms with Crippen molar-refractivity contribution in [2.45, 2.75) is 6.04 Å². The highest BCUT2D eigenvalue weighted by Crippen LogP contribution is 2.36. The fourth-order valence-corrected chi connectivity index (χ4v) is 3.83. The molecule has 0 saturated carbocycles. The lowest BCUT2D eigenvalue weighted by Crippen LogP contribution is -2.35. The van der Waals surface area contributed by atoms with Crippen LogP contribution in [0.25, 0.3) is 22.0 Å². The van der Waals surface area contributed by atoms with E-state index in [4.69, 9.17) is 33.0 Å². The van der Waals surface area contributed by atoms with Crippen LogP contribution in [0.2, 0.25) is 10.0 Å². The van der Waals surface area contributed by atoms with Crippen LogP contribution in [0.15, 0.2) is 36.4 Å². The van der Waals surface area contributed by atoms with Crippen LogP contribution in [0.5, 0.6) is 0 Å². The average Bonchev–Trinajstić information content (AvgIpc) is 2.92. The van der Waals surface area contributed by atoms with E-state index in [1.807, 2.05) is 36.0 Å². The molecule has 0 bridgehead atoms. The van der Waals surface area contributed by atoms with Gasteiger partial charge in [-0.3, -0.25) is 4.68 Å². The maximum atomic E-state index is 6.41. The van der Waals surface area contributed by atoms with Gasteiger partial charge >= 0.3 is 0 Å². The number of nitrogens with one attached hydrogen (secondary N) is 1. The molecule has 6 heteroatoms. The van der Waals surface area contributed by atoms with Gasteiger partial charge in [0.2, 0.25) is 0 Å². The van der Waals surface area contributed by atoms with Crippen molar-refractivity contribution in [2.75, 3.05) is 19.8 Å². The number of fused-ring (bicyclic) bond motifs is 1. The summed E-state index contributed by atoms with van der Waals surface area (Å²) in [7, 11) is 1.97. The van der Waals surface area contributed by atoms with Crippen LogP contribution in [-0.2, 0) is 11.8 Å². The molecule has 0 spiro atoms. The van der Waals surface area contributed by atoms with Gasteiger partial charge in [0.05, 0.1) is 24.9 Å². The predicted molar refractivity (Wildman–Crippen MR) is 97.7 cm³/mol. The Morgan fingerprint density at radius 1 is 1.21 bits per heavy atom. The van der Waals surface area contributed by atoms with Crippen LogP contribution in [0.3, 0.4) is 0 Å². The van der Waals surface area contributed by atoms with Gasteiger partial charge in [-0.25, -0.2) is 0 Å². The van der Waals surface area contributed by atoms with Gasteiger partial charge in [-0.05, 0) is 12.1 Å². The molecule has 1 fully saturated rings. The van der Waals surface area contributed by atoms with Crippen molar-refractivity contribution < 1.29 is 4.74 Å². The minimum Gasteiger partial charge on any atom is -0.378 e. The first-order valence-corrected chi connectivity index (χ1v) is 8.63. The summed E-state index contributed by atoms with van der Waals surface area (Å²) in [5.74, 6) is 0. The van der Waals surface area contributed by atoms with Gasteiger partial charge in [-0.2, -0.15) is 5.10 Å². The molecule has 4 rings (SSSR count). The second kappa shape index (κ2) is 6.37. The lowest BCUT2D eigenvalue weighted by Gasteiger charge is -2.24. The first-order valence-electron chi connectivity index (χ1n) is 7.87.